The average molecular weight is 472 g/mol. The Hall–Kier alpha value is -3.91. The molecule has 3 aromatic heterocycles. The van der Waals surface area contributed by atoms with Crippen molar-refractivity contribution in [1.82, 2.24) is 19.9 Å². The number of thiocarbonyl (C=S) groups is 1. The van der Waals surface area contributed by atoms with Crippen LogP contribution < -0.4 is 19.7 Å². The Labute approximate surface area is 204 Å². The molecule has 1 fully saturated rings. The molecule has 0 spiro atoms. The SMILES string of the molecule is COc1ccc(N2C(=S)NC(c3ccccn3)C2c2cccn2Cc2cccnc2)c(OC)c1. The molecule has 8 heteroatoms. The number of benzene rings is 1. The number of nitrogens with zero attached hydrogens (tertiary/aromatic N) is 4. The molecule has 0 radical (unpaired) electrons. The van der Waals surface area contributed by atoms with Crippen LogP contribution in [0.15, 0.2) is 85.5 Å². The van der Waals surface area contributed by atoms with E-state index < -0.39 is 0 Å². The summed E-state index contributed by atoms with van der Waals surface area (Å²) < 4.78 is 13.4. The van der Waals surface area contributed by atoms with Gasteiger partial charge in [0.15, 0.2) is 5.11 Å². The van der Waals surface area contributed by atoms with Crippen LogP contribution in [0.3, 0.4) is 0 Å². The molecule has 0 saturated carbocycles. The number of rotatable bonds is 7. The topological polar surface area (TPSA) is 64.4 Å². The summed E-state index contributed by atoms with van der Waals surface area (Å²) in [4.78, 5) is 11.0. The minimum atomic E-state index is -0.156. The van der Waals surface area contributed by atoms with E-state index in [0.717, 1.165) is 28.4 Å². The van der Waals surface area contributed by atoms with Crippen molar-refractivity contribution in [2.45, 2.75) is 18.6 Å². The molecule has 0 amide bonds. The zero-order valence-corrected chi connectivity index (χ0v) is 19.8. The molecule has 4 aromatic rings. The minimum Gasteiger partial charge on any atom is -0.497 e. The zero-order valence-electron chi connectivity index (χ0n) is 19.0. The normalized spacial score (nSPS) is 17.5. The number of hydrogen-bond acceptors (Lipinski definition) is 5. The van der Waals surface area contributed by atoms with Crippen molar-refractivity contribution in [3.63, 3.8) is 0 Å². The number of hydrogen-bond donors (Lipinski definition) is 1. The van der Waals surface area contributed by atoms with Gasteiger partial charge >= 0.3 is 0 Å². The van der Waals surface area contributed by atoms with Crippen LogP contribution in [0, 0.1) is 0 Å². The van der Waals surface area contributed by atoms with E-state index in [9.17, 15) is 0 Å². The zero-order chi connectivity index (χ0) is 23.5. The van der Waals surface area contributed by atoms with E-state index in [1.54, 1.807) is 20.4 Å². The maximum Gasteiger partial charge on any atom is 0.174 e. The van der Waals surface area contributed by atoms with E-state index in [0.29, 0.717) is 17.4 Å². The molecular weight excluding hydrogens is 446 g/mol. The highest BCUT2D eigenvalue weighted by atomic mass is 32.1. The van der Waals surface area contributed by atoms with Crippen LogP contribution in [0.2, 0.25) is 0 Å². The predicted molar refractivity (Wildman–Crippen MR) is 135 cm³/mol. The monoisotopic (exact) mass is 471 g/mol. The van der Waals surface area contributed by atoms with Gasteiger partial charge in [0, 0.05) is 43.1 Å². The van der Waals surface area contributed by atoms with Gasteiger partial charge in [-0.25, -0.2) is 0 Å². The molecule has 2 atom stereocenters. The molecule has 4 heterocycles. The lowest BCUT2D eigenvalue weighted by atomic mass is 10.0. The first-order valence-electron chi connectivity index (χ1n) is 11.0. The lowest BCUT2D eigenvalue weighted by molar-refractivity contribution is 0.394. The Bertz CT molecular complexity index is 1280. The van der Waals surface area contributed by atoms with E-state index in [1.807, 2.05) is 54.9 Å². The van der Waals surface area contributed by atoms with Crippen LogP contribution in [0.25, 0.3) is 0 Å². The summed E-state index contributed by atoms with van der Waals surface area (Å²) in [5, 5.41) is 4.12. The summed E-state index contributed by atoms with van der Waals surface area (Å²) in [7, 11) is 3.29. The molecule has 34 heavy (non-hydrogen) atoms. The Balaban J connectivity index is 1.63. The molecule has 0 aliphatic carbocycles. The van der Waals surface area contributed by atoms with E-state index in [-0.39, 0.29) is 12.1 Å². The molecule has 7 nitrogen and oxygen atoms in total. The van der Waals surface area contributed by atoms with Crippen molar-refractivity contribution in [2.24, 2.45) is 0 Å². The highest BCUT2D eigenvalue weighted by Crippen LogP contribution is 2.45. The molecule has 1 aromatic carbocycles. The van der Waals surface area contributed by atoms with Crippen molar-refractivity contribution in [3.05, 3.63) is 102 Å². The quantitative estimate of drug-likeness (QED) is 0.398. The molecule has 2 unspecified atom stereocenters. The summed E-state index contributed by atoms with van der Waals surface area (Å²) in [6.07, 6.45) is 7.57. The summed E-state index contributed by atoms with van der Waals surface area (Å²) in [6, 6.07) is 19.6. The van der Waals surface area contributed by atoms with E-state index in [1.165, 1.54) is 0 Å². The Morgan fingerprint density at radius 1 is 1.00 bits per heavy atom. The molecular formula is C26H25N5O2S. The third kappa shape index (κ3) is 4.08. The lowest BCUT2D eigenvalue weighted by Gasteiger charge is -2.30. The molecule has 1 aliphatic heterocycles. The van der Waals surface area contributed by atoms with Crippen molar-refractivity contribution < 1.29 is 9.47 Å². The van der Waals surface area contributed by atoms with Gasteiger partial charge < -0.3 is 24.3 Å². The van der Waals surface area contributed by atoms with Gasteiger partial charge in [-0.3, -0.25) is 9.97 Å². The van der Waals surface area contributed by atoms with Crippen LogP contribution in [-0.4, -0.2) is 33.9 Å². The third-order valence-corrected chi connectivity index (χ3v) is 6.30. The third-order valence-electron chi connectivity index (χ3n) is 5.99. The van der Waals surface area contributed by atoms with Gasteiger partial charge in [0.05, 0.1) is 31.6 Å². The van der Waals surface area contributed by atoms with E-state index in [4.69, 9.17) is 21.7 Å². The Morgan fingerprint density at radius 2 is 1.91 bits per heavy atom. The van der Waals surface area contributed by atoms with E-state index >= 15 is 0 Å². The van der Waals surface area contributed by atoms with Gasteiger partial charge in [0.2, 0.25) is 0 Å². The summed E-state index contributed by atoms with van der Waals surface area (Å²) in [5.74, 6) is 1.40. The lowest BCUT2D eigenvalue weighted by Crippen LogP contribution is -2.30. The van der Waals surface area contributed by atoms with Crippen LogP contribution >= 0.6 is 12.2 Å². The first-order chi connectivity index (χ1) is 16.7. The predicted octanol–water partition coefficient (Wildman–Crippen LogP) is 4.52. The van der Waals surface area contributed by atoms with Crippen LogP contribution in [0.5, 0.6) is 11.5 Å². The Kier molecular flexibility index (Phi) is 6.14. The van der Waals surface area contributed by atoms with E-state index in [2.05, 4.69) is 49.1 Å². The average Bonchev–Trinajstić information content (AvgIpc) is 3.48. The first-order valence-corrected chi connectivity index (χ1v) is 11.4. The molecule has 1 aliphatic rings. The Morgan fingerprint density at radius 3 is 2.65 bits per heavy atom. The highest BCUT2D eigenvalue weighted by Gasteiger charge is 2.43. The number of anilines is 1. The van der Waals surface area contributed by atoms with Crippen molar-refractivity contribution >= 4 is 23.0 Å². The van der Waals surface area contributed by atoms with Crippen molar-refractivity contribution in [1.29, 1.82) is 0 Å². The maximum atomic E-state index is 5.87. The molecule has 0 bridgehead atoms. The fraction of sp³-hybridized carbons (Fsp3) is 0.192. The number of ether oxygens (including phenoxy) is 2. The summed E-state index contributed by atoms with van der Waals surface area (Å²) in [6.45, 7) is 0.696. The summed E-state index contributed by atoms with van der Waals surface area (Å²) in [5.41, 5.74) is 4.00. The standard InChI is InChI=1S/C26H25N5O2S/c1-32-19-10-11-21(23(15-19)33-2)31-25(24(29-26(31)34)20-8-3-4-13-28-20)22-9-6-14-30(22)17-18-7-5-12-27-16-18/h3-16,24-25H,17H2,1-2H3,(H,29,34). The summed E-state index contributed by atoms with van der Waals surface area (Å²) >= 11 is 5.87. The van der Waals surface area contributed by atoms with Gasteiger partial charge in [-0.2, -0.15) is 0 Å². The fourth-order valence-electron chi connectivity index (χ4n) is 4.43. The molecule has 172 valence electrons. The van der Waals surface area contributed by atoms with Gasteiger partial charge in [0.25, 0.3) is 0 Å². The molecule has 1 saturated heterocycles. The fourth-order valence-corrected chi connectivity index (χ4v) is 4.77. The van der Waals surface area contributed by atoms with Gasteiger partial charge in [0.1, 0.15) is 17.5 Å². The second-order valence-electron chi connectivity index (χ2n) is 7.96. The number of methoxy groups -OCH3 is 2. The number of aromatic nitrogens is 3. The minimum absolute atomic E-state index is 0.150. The smallest absolute Gasteiger partial charge is 0.174 e. The number of nitrogens with one attached hydrogen (secondary N) is 1. The highest BCUT2D eigenvalue weighted by molar-refractivity contribution is 7.80. The number of pyridine rings is 2. The van der Waals surface area contributed by atoms with Crippen LogP contribution in [0.4, 0.5) is 5.69 Å². The first kappa shape index (κ1) is 21.9. The second-order valence-corrected chi connectivity index (χ2v) is 8.34. The largest absolute Gasteiger partial charge is 0.497 e. The van der Waals surface area contributed by atoms with Crippen LogP contribution in [0.1, 0.15) is 29.0 Å². The van der Waals surface area contributed by atoms with Crippen LogP contribution in [-0.2, 0) is 6.54 Å². The molecule has 1 N–H and O–H groups in total. The van der Waals surface area contributed by atoms with Crippen molar-refractivity contribution in [2.75, 3.05) is 19.1 Å². The van der Waals surface area contributed by atoms with Gasteiger partial charge in [-0.1, -0.05) is 12.1 Å². The van der Waals surface area contributed by atoms with Crippen molar-refractivity contribution in [3.8, 4) is 11.5 Å². The van der Waals surface area contributed by atoms with Gasteiger partial charge in [-0.15, -0.1) is 0 Å². The van der Waals surface area contributed by atoms with Gasteiger partial charge in [-0.05, 0) is 60.2 Å². The maximum absolute atomic E-state index is 5.87. The molecule has 5 rings (SSSR count). The second kappa shape index (κ2) is 9.52.